The average molecular weight is 361 g/mol. The van der Waals surface area contributed by atoms with Crippen molar-refractivity contribution < 1.29 is 22.4 Å². The summed E-state index contributed by atoms with van der Waals surface area (Å²) in [6, 6.07) is 8.48. The average Bonchev–Trinajstić information content (AvgIpc) is 2.40. The van der Waals surface area contributed by atoms with Crippen molar-refractivity contribution in [3.8, 4) is 0 Å². The highest BCUT2D eigenvalue weighted by Crippen LogP contribution is 2.32. The summed E-state index contributed by atoms with van der Waals surface area (Å²) in [5, 5.41) is 0. The van der Waals surface area contributed by atoms with Gasteiger partial charge in [-0.15, -0.1) is 0 Å². The maximum Gasteiger partial charge on any atom is 0.416 e. The van der Waals surface area contributed by atoms with Gasteiger partial charge in [0.2, 0.25) is 0 Å². The monoisotopic (exact) mass is 360 g/mol. The van der Waals surface area contributed by atoms with Gasteiger partial charge in [0.25, 0.3) is 0 Å². The Morgan fingerprint density at radius 3 is 2.38 bits per heavy atom. The molecule has 0 radical (unpaired) electrons. The van der Waals surface area contributed by atoms with Gasteiger partial charge in [-0.2, -0.15) is 13.2 Å². The Bertz CT molecular complexity index is 680. The van der Waals surface area contributed by atoms with Gasteiger partial charge in [-0.1, -0.05) is 34.1 Å². The minimum atomic E-state index is -4.53. The molecule has 0 aliphatic rings. The van der Waals surface area contributed by atoms with Crippen LogP contribution in [0.2, 0.25) is 0 Å². The third kappa shape index (κ3) is 3.69. The van der Waals surface area contributed by atoms with Gasteiger partial charge in [0.05, 0.1) is 5.56 Å². The number of hydrogen-bond acceptors (Lipinski definition) is 1. The smallest absolute Gasteiger partial charge is 0.294 e. The minimum absolute atomic E-state index is 0.118. The van der Waals surface area contributed by atoms with Gasteiger partial charge < -0.3 is 0 Å². The molecule has 0 amide bonds. The fraction of sp³-hybridized carbons (Fsp3) is 0.133. The Balaban J connectivity index is 2.33. The lowest BCUT2D eigenvalue weighted by atomic mass is 10.0. The Morgan fingerprint density at radius 1 is 1.10 bits per heavy atom. The standard InChI is InChI=1S/C15H9BrF4O/c16-12-6-5-10(15(18,19)20)8-11(12)14(21)7-9-3-1-2-4-13(9)17/h1-6,8H,7H2. The molecule has 0 atom stereocenters. The maximum atomic E-state index is 13.5. The van der Waals surface area contributed by atoms with Crippen molar-refractivity contribution in [1.29, 1.82) is 0 Å². The third-order valence-electron chi connectivity index (χ3n) is 2.90. The first kappa shape index (κ1) is 15.7. The van der Waals surface area contributed by atoms with Gasteiger partial charge in [-0.3, -0.25) is 4.79 Å². The number of carbonyl (C=O) groups is 1. The van der Waals surface area contributed by atoms with Crippen LogP contribution in [0.3, 0.4) is 0 Å². The lowest BCUT2D eigenvalue weighted by Gasteiger charge is -2.10. The molecule has 0 saturated heterocycles. The predicted molar refractivity (Wildman–Crippen MR) is 73.6 cm³/mol. The van der Waals surface area contributed by atoms with E-state index in [-0.39, 0.29) is 22.0 Å². The number of halogens is 5. The van der Waals surface area contributed by atoms with Crippen LogP contribution in [0.4, 0.5) is 17.6 Å². The van der Waals surface area contributed by atoms with Crippen LogP contribution in [0.15, 0.2) is 46.9 Å². The molecule has 2 aromatic carbocycles. The number of benzene rings is 2. The normalized spacial score (nSPS) is 11.5. The molecule has 0 aromatic heterocycles. The van der Waals surface area contributed by atoms with Gasteiger partial charge in [-0.05, 0) is 29.8 Å². The lowest BCUT2D eigenvalue weighted by Crippen LogP contribution is -2.10. The highest BCUT2D eigenvalue weighted by atomic mass is 79.9. The number of alkyl halides is 3. The van der Waals surface area contributed by atoms with E-state index in [1.54, 1.807) is 6.07 Å². The van der Waals surface area contributed by atoms with E-state index in [4.69, 9.17) is 0 Å². The van der Waals surface area contributed by atoms with E-state index in [2.05, 4.69) is 15.9 Å². The van der Waals surface area contributed by atoms with Crippen LogP contribution in [0.25, 0.3) is 0 Å². The zero-order chi connectivity index (χ0) is 15.6. The lowest BCUT2D eigenvalue weighted by molar-refractivity contribution is -0.137. The molecule has 0 saturated carbocycles. The molecule has 0 unspecified atom stereocenters. The first-order valence-electron chi connectivity index (χ1n) is 5.92. The van der Waals surface area contributed by atoms with E-state index in [9.17, 15) is 22.4 Å². The molecule has 0 bridgehead atoms. The van der Waals surface area contributed by atoms with Crippen LogP contribution in [-0.4, -0.2) is 5.78 Å². The molecule has 110 valence electrons. The van der Waals surface area contributed by atoms with E-state index in [0.717, 1.165) is 18.2 Å². The number of Topliss-reactive ketones (excluding diaryl/α,β-unsaturated/α-hetero) is 1. The zero-order valence-corrected chi connectivity index (χ0v) is 12.1. The molecule has 0 spiro atoms. The van der Waals surface area contributed by atoms with Crippen molar-refractivity contribution in [3.05, 3.63) is 69.4 Å². The van der Waals surface area contributed by atoms with E-state index in [0.29, 0.717) is 0 Å². The van der Waals surface area contributed by atoms with Crippen LogP contribution in [0, 0.1) is 5.82 Å². The van der Waals surface area contributed by atoms with E-state index in [1.807, 2.05) is 0 Å². The van der Waals surface area contributed by atoms with Gasteiger partial charge >= 0.3 is 6.18 Å². The maximum absolute atomic E-state index is 13.5. The van der Waals surface area contributed by atoms with Crippen molar-refractivity contribution in [1.82, 2.24) is 0 Å². The highest BCUT2D eigenvalue weighted by molar-refractivity contribution is 9.10. The predicted octanol–water partition coefficient (Wildman–Crippen LogP) is 5.03. The molecule has 0 N–H and O–H groups in total. The summed E-state index contributed by atoms with van der Waals surface area (Å²) in [5.74, 6) is -1.15. The second kappa shape index (κ2) is 5.97. The van der Waals surface area contributed by atoms with Crippen LogP contribution >= 0.6 is 15.9 Å². The van der Waals surface area contributed by atoms with Crippen molar-refractivity contribution in [2.45, 2.75) is 12.6 Å². The zero-order valence-electron chi connectivity index (χ0n) is 10.5. The fourth-order valence-corrected chi connectivity index (χ4v) is 2.29. The number of carbonyl (C=O) groups excluding carboxylic acids is 1. The summed E-state index contributed by atoms with van der Waals surface area (Å²) in [6.45, 7) is 0. The molecule has 0 heterocycles. The first-order chi connectivity index (χ1) is 9.79. The van der Waals surface area contributed by atoms with Gasteiger partial charge in [0, 0.05) is 16.5 Å². The Hall–Kier alpha value is -1.69. The highest BCUT2D eigenvalue weighted by Gasteiger charge is 2.31. The Kier molecular flexibility index (Phi) is 4.46. The van der Waals surface area contributed by atoms with Crippen LogP contribution in [0.5, 0.6) is 0 Å². The second-order valence-electron chi connectivity index (χ2n) is 4.38. The summed E-state index contributed by atoms with van der Waals surface area (Å²) < 4.78 is 51.7. The van der Waals surface area contributed by atoms with Gasteiger partial charge in [0.15, 0.2) is 5.78 Å². The fourth-order valence-electron chi connectivity index (χ4n) is 1.83. The summed E-state index contributed by atoms with van der Waals surface area (Å²) in [4.78, 5) is 12.1. The number of rotatable bonds is 3. The molecule has 0 aliphatic heterocycles. The molecule has 2 aromatic rings. The number of hydrogen-bond donors (Lipinski definition) is 0. The van der Waals surface area contributed by atoms with Crippen molar-refractivity contribution in [2.24, 2.45) is 0 Å². The largest absolute Gasteiger partial charge is 0.416 e. The number of ketones is 1. The molecule has 6 heteroatoms. The van der Waals surface area contributed by atoms with E-state index in [1.165, 1.54) is 18.2 Å². The van der Waals surface area contributed by atoms with E-state index >= 15 is 0 Å². The van der Waals surface area contributed by atoms with Crippen LogP contribution < -0.4 is 0 Å². The van der Waals surface area contributed by atoms with Crippen molar-refractivity contribution in [2.75, 3.05) is 0 Å². The molecule has 21 heavy (non-hydrogen) atoms. The molecular formula is C15H9BrF4O. The van der Waals surface area contributed by atoms with Crippen molar-refractivity contribution in [3.63, 3.8) is 0 Å². The van der Waals surface area contributed by atoms with Crippen LogP contribution in [0.1, 0.15) is 21.5 Å². The van der Waals surface area contributed by atoms with E-state index < -0.39 is 23.3 Å². The molecule has 2 rings (SSSR count). The van der Waals surface area contributed by atoms with Crippen LogP contribution in [-0.2, 0) is 12.6 Å². The summed E-state index contributed by atoms with van der Waals surface area (Å²) in [5.41, 5.74) is -0.887. The third-order valence-corrected chi connectivity index (χ3v) is 3.59. The second-order valence-corrected chi connectivity index (χ2v) is 5.24. The molecular weight excluding hydrogens is 352 g/mol. The summed E-state index contributed by atoms with van der Waals surface area (Å²) in [6.07, 6.45) is -4.83. The van der Waals surface area contributed by atoms with Crippen molar-refractivity contribution >= 4 is 21.7 Å². The van der Waals surface area contributed by atoms with Gasteiger partial charge in [0.1, 0.15) is 5.82 Å². The topological polar surface area (TPSA) is 17.1 Å². The summed E-state index contributed by atoms with van der Waals surface area (Å²) in [7, 11) is 0. The first-order valence-corrected chi connectivity index (χ1v) is 6.71. The molecule has 0 aliphatic carbocycles. The Morgan fingerprint density at radius 2 is 1.76 bits per heavy atom. The minimum Gasteiger partial charge on any atom is -0.294 e. The molecule has 1 nitrogen and oxygen atoms in total. The SMILES string of the molecule is O=C(Cc1ccccc1F)c1cc(C(F)(F)F)ccc1Br. The summed E-state index contributed by atoms with van der Waals surface area (Å²) >= 11 is 3.05. The van der Waals surface area contributed by atoms with Gasteiger partial charge in [-0.25, -0.2) is 4.39 Å². The quantitative estimate of drug-likeness (QED) is 0.554. The Labute approximate surface area is 126 Å². The molecule has 0 fully saturated rings.